The summed E-state index contributed by atoms with van der Waals surface area (Å²) in [6.45, 7) is 0.294. The van der Waals surface area contributed by atoms with E-state index < -0.39 is 22.3 Å². The number of nitro groups is 1. The fourth-order valence-corrected chi connectivity index (χ4v) is 2.49. The number of para-hydroxylation sites is 1. The molecule has 0 saturated carbocycles. The molecule has 7 heteroatoms. The molecule has 0 spiro atoms. The van der Waals surface area contributed by atoms with Crippen molar-refractivity contribution in [1.82, 2.24) is 5.32 Å². The van der Waals surface area contributed by atoms with Crippen molar-refractivity contribution < 1.29 is 19.6 Å². The highest BCUT2D eigenvalue weighted by atomic mass is 16.6. The van der Waals surface area contributed by atoms with Crippen LogP contribution in [0.15, 0.2) is 42.5 Å². The maximum atomic E-state index is 12.1. The number of nitrogens with one attached hydrogen (secondary N) is 1. The molecule has 118 valence electrons. The molecule has 1 aliphatic rings. The normalized spacial score (nSPS) is 15.6. The summed E-state index contributed by atoms with van der Waals surface area (Å²) in [6, 6.07) is 11.2. The molecule has 1 aliphatic heterocycles. The van der Waals surface area contributed by atoms with Gasteiger partial charge in [0, 0.05) is 18.1 Å². The third-order valence-electron chi connectivity index (χ3n) is 3.64. The molecule has 0 aromatic heterocycles. The van der Waals surface area contributed by atoms with Crippen LogP contribution in [0.1, 0.15) is 15.9 Å². The van der Waals surface area contributed by atoms with Crippen molar-refractivity contribution in [3.63, 3.8) is 0 Å². The van der Waals surface area contributed by atoms with Crippen molar-refractivity contribution in [2.45, 2.75) is 12.5 Å². The van der Waals surface area contributed by atoms with E-state index in [0.717, 1.165) is 23.4 Å². The first kappa shape index (κ1) is 14.8. The van der Waals surface area contributed by atoms with Gasteiger partial charge in [-0.3, -0.25) is 14.9 Å². The lowest BCUT2D eigenvalue weighted by atomic mass is 10.1. The largest absolute Gasteiger partial charge is 0.502 e. The Morgan fingerprint density at radius 1 is 1.35 bits per heavy atom. The number of rotatable bonds is 4. The summed E-state index contributed by atoms with van der Waals surface area (Å²) >= 11 is 0. The van der Waals surface area contributed by atoms with Gasteiger partial charge in [0.1, 0.15) is 11.9 Å². The average molecular weight is 314 g/mol. The van der Waals surface area contributed by atoms with Gasteiger partial charge in [-0.05, 0) is 23.8 Å². The van der Waals surface area contributed by atoms with Crippen LogP contribution >= 0.6 is 0 Å². The van der Waals surface area contributed by atoms with Crippen LogP contribution < -0.4 is 10.1 Å². The Morgan fingerprint density at radius 2 is 2.13 bits per heavy atom. The average Bonchev–Trinajstić information content (AvgIpc) is 2.95. The van der Waals surface area contributed by atoms with E-state index in [1.807, 2.05) is 24.3 Å². The monoisotopic (exact) mass is 314 g/mol. The second-order valence-corrected chi connectivity index (χ2v) is 5.22. The van der Waals surface area contributed by atoms with E-state index in [2.05, 4.69) is 5.32 Å². The SMILES string of the molecule is O=C(NC[C@@H]1Cc2ccccc2O1)c1ccc(O)c([N+](=O)[O-])c1. The number of benzene rings is 2. The van der Waals surface area contributed by atoms with E-state index in [4.69, 9.17) is 4.74 Å². The van der Waals surface area contributed by atoms with Gasteiger partial charge in [0.25, 0.3) is 5.91 Å². The molecular weight excluding hydrogens is 300 g/mol. The predicted octanol–water partition coefficient (Wildman–Crippen LogP) is 2.03. The Kier molecular flexibility index (Phi) is 3.84. The Morgan fingerprint density at radius 3 is 2.87 bits per heavy atom. The smallest absolute Gasteiger partial charge is 0.311 e. The lowest BCUT2D eigenvalue weighted by Crippen LogP contribution is -2.34. The first-order chi connectivity index (χ1) is 11.0. The third kappa shape index (κ3) is 3.08. The van der Waals surface area contributed by atoms with E-state index in [1.54, 1.807) is 0 Å². The summed E-state index contributed by atoms with van der Waals surface area (Å²) in [5.41, 5.74) is 0.708. The minimum atomic E-state index is -0.733. The molecule has 2 aromatic rings. The summed E-state index contributed by atoms with van der Waals surface area (Å²) in [7, 11) is 0. The molecule has 2 N–H and O–H groups in total. The third-order valence-corrected chi connectivity index (χ3v) is 3.64. The van der Waals surface area contributed by atoms with Gasteiger partial charge in [0.05, 0.1) is 11.5 Å². The van der Waals surface area contributed by atoms with Crippen molar-refractivity contribution in [2.75, 3.05) is 6.54 Å². The lowest BCUT2D eigenvalue weighted by molar-refractivity contribution is -0.385. The second kappa shape index (κ2) is 5.96. The Hall–Kier alpha value is -3.09. The van der Waals surface area contributed by atoms with Gasteiger partial charge < -0.3 is 15.2 Å². The van der Waals surface area contributed by atoms with Crippen molar-refractivity contribution in [1.29, 1.82) is 0 Å². The van der Waals surface area contributed by atoms with Crippen LogP contribution in [0.3, 0.4) is 0 Å². The number of phenolic OH excluding ortho intramolecular Hbond substituents is 1. The van der Waals surface area contributed by atoms with E-state index in [1.165, 1.54) is 6.07 Å². The highest BCUT2D eigenvalue weighted by Crippen LogP contribution is 2.28. The number of carbonyl (C=O) groups excluding carboxylic acids is 1. The van der Waals surface area contributed by atoms with E-state index in [9.17, 15) is 20.0 Å². The van der Waals surface area contributed by atoms with Crippen LogP contribution in [-0.2, 0) is 6.42 Å². The van der Waals surface area contributed by atoms with E-state index >= 15 is 0 Å². The van der Waals surface area contributed by atoms with Crippen molar-refractivity contribution >= 4 is 11.6 Å². The number of fused-ring (bicyclic) bond motifs is 1. The summed E-state index contributed by atoms with van der Waals surface area (Å²) in [4.78, 5) is 22.1. The second-order valence-electron chi connectivity index (χ2n) is 5.22. The van der Waals surface area contributed by atoms with Crippen LogP contribution in [0.4, 0.5) is 5.69 Å². The molecule has 7 nitrogen and oxygen atoms in total. The molecule has 0 bridgehead atoms. The van der Waals surface area contributed by atoms with Crippen molar-refractivity contribution in [2.24, 2.45) is 0 Å². The number of amides is 1. The first-order valence-corrected chi connectivity index (χ1v) is 7.05. The molecule has 0 fully saturated rings. The molecule has 0 saturated heterocycles. The Balaban J connectivity index is 1.63. The molecule has 1 atom stereocenters. The first-order valence-electron chi connectivity index (χ1n) is 7.05. The van der Waals surface area contributed by atoms with Gasteiger partial charge >= 0.3 is 5.69 Å². The molecular formula is C16H14N2O5. The molecule has 0 radical (unpaired) electrons. The van der Waals surface area contributed by atoms with Gasteiger partial charge in [-0.2, -0.15) is 0 Å². The van der Waals surface area contributed by atoms with E-state index in [0.29, 0.717) is 13.0 Å². The molecule has 1 amide bonds. The van der Waals surface area contributed by atoms with Gasteiger partial charge in [-0.1, -0.05) is 18.2 Å². The van der Waals surface area contributed by atoms with Crippen LogP contribution in [0, 0.1) is 10.1 Å². The number of nitrogens with zero attached hydrogens (tertiary/aromatic N) is 1. The summed E-state index contributed by atoms with van der Waals surface area (Å²) < 4.78 is 5.71. The number of hydrogen-bond acceptors (Lipinski definition) is 5. The van der Waals surface area contributed by atoms with Crippen LogP contribution in [0.5, 0.6) is 11.5 Å². The minimum Gasteiger partial charge on any atom is -0.502 e. The number of ether oxygens (including phenoxy) is 1. The van der Waals surface area contributed by atoms with E-state index in [-0.39, 0.29) is 11.7 Å². The zero-order chi connectivity index (χ0) is 16.4. The maximum Gasteiger partial charge on any atom is 0.311 e. The van der Waals surface area contributed by atoms with Crippen molar-refractivity contribution in [3.8, 4) is 11.5 Å². The molecule has 0 aliphatic carbocycles. The van der Waals surface area contributed by atoms with Crippen LogP contribution in [0.25, 0.3) is 0 Å². The molecule has 1 heterocycles. The Labute approximate surface area is 131 Å². The van der Waals surface area contributed by atoms with Crippen LogP contribution in [0.2, 0.25) is 0 Å². The molecule has 0 unspecified atom stereocenters. The number of carbonyl (C=O) groups is 1. The Bertz CT molecular complexity index is 750. The topological polar surface area (TPSA) is 102 Å². The lowest BCUT2D eigenvalue weighted by Gasteiger charge is -2.12. The number of aromatic hydroxyl groups is 1. The summed E-state index contributed by atoms with van der Waals surface area (Å²) in [5.74, 6) is -0.110. The molecule has 23 heavy (non-hydrogen) atoms. The fraction of sp³-hybridized carbons (Fsp3) is 0.188. The molecule has 2 aromatic carbocycles. The zero-order valence-electron chi connectivity index (χ0n) is 12.1. The maximum absolute atomic E-state index is 12.1. The van der Waals surface area contributed by atoms with Crippen LogP contribution in [-0.4, -0.2) is 28.6 Å². The summed E-state index contributed by atoms with van der Waals surface area (Å²) in [5, 5.41) is 22.9. The quantitative estimate of drug-likeness (QED) is 0.664. The van der Waals surface area contributed by atoms with Crippen molar-refractivity contribution in [3.05, 3.63) is 63.7 Å². The van der Waals surface area contributed by atoms with Gasteiger partial charge in [0.15, 0.2) is 5.75 Å². The number of hydrogen-bond donors (Lipinski definition) is 2. The standard InChI is InChI=1S/C16H14N2O5/c19-14-6-5-11(8-13(14)18(21)22)16(20)17-9-12-7-10-3-1-2-4-15(10)23-12/h1-6,8,12,19H,7,9H2,(H,17,20)/t12-/m0/s1. The highest BCUT2D eigenvalue weighted by Gasteiger charge is 2.23. The van der Waals surface area contributed by atoms with Gasteiger partial charge in [-0.25, -0.2) is 0 Å². The number of phenols is 1. The summed E-state index contributed by atoms with van der Waals surface area (Å²) in [6.07, 6.45) is 0.537. The predicted molar refractivity (Wildman–Crippen MR) is 81.7 cm³/mol. The highest BCUT2D eigenvalue weighted by molar-refractivity contribution is 5.95. The van der Waals surface area contributed by atoms with Gasteiger partial charge in [-0.15, -0.1) is 0 Å². The fourth-order valence-electron chi connectivity index (χ4n) is 2.49. The minimum absolute atomic E-state index is 0.116. The molecule has 3 rings (SSSR count). The zero-order valence-corrected chi connectivity index (χ0v) is 12.1. The number of nitro benzene ring substituents is 1. The van der Waals surface area contributed by atoms with Gasteiger partial charge in [0.2, 0.25) is 0 Å².